The largest absolute Gasteiger partial charge is 0.497 e. The zero-order valence-electron chi connectivity index (χ0n) is 25.2. The van der Waals surface area contributed by atoms with Gasteiger partial charge in [-0.2, -0.15) is 0 Å². The van der Waals surface area contributed by atoms with Crippen LogP contribution in [0.2, 0.25) is 0 Å². The van der Waals surface area contributed by atoms with Crippen LogP contribution >= 0.6 is 0 Å². The van der Waals surface area contributed by atoms with Gasteiger partial charge in [0.15, 0.2) is 0 Å². The summed E-state index contributed by atoms with van der Waals surface area (Å²) in [7, 11) is 3.17. The Morgan fingerprint density at radius 1 is 0.951 bits per heavy atom. The lowest BCUT2D eigenvalue weighted by atomic mass is 9.75. The maximum atomic E-state index is 14.0. The smallest absolute Gasteiger partial charge is 0.309 e. The van der Waals surface area contributed by atoms with Crippen LogP contribution in [0.5, 0.6) is 5.75 Å². The number of benzene rings is 2. The van der Waals surface area contributed by atoms with Crippen molar-refractivity contribution in [3.63, 3.8) is 0 Å². The Labute approximate surface area is 244 Å². The molecule has 2 atom stereocenters. The average Bonchev–Trinajstić information content (AvgIpc) is 3.43. The highest BCUT2D eigenvalue weighted by Gasteiger charge is 2.45. The highest BCUT2D eigenvalue weighted by molar-refractivity contribution is 5.90. The zero-order valence-corrected chi connectivity index (χ0v) is 25.2. The fraction of sp³-hybridized carbons (Fsp3) is 0.545. The summed E-state index contributed by atoms with van der Waals surface area (Å²) in [5, 5.41) is 5.72. The Balaban J connectivity index is 1.74. The molecule has 0 heterocycles. The van der Waals surface area contributed by atoms with Gasteiger partial charge in [0.1, 0.15) is 17.4 Å². The normalized spacial score (nSPS) is 15.9. The standard InChI is InChI=1S/C33H46N2O6/c1-32(2,3)41-30(37)26(17-20-40-23-25-11-7-6-8-12-25)22-33(18-9-10-19-33)31(38)35-28(29(36)34-4)21-24-13-15-27(39-5)16-14-24/h6-8,11-16,26,28H,9-10,17-23H2,1-5H3,(H,34,36)(H,35,38). The molecule has 1 saturated carbocycles. The Hall–Kier alpha value is -3.39. The molecule has 2 aromatic rings. The number of esters is 1. The van der Waals surface area contributed by atoms with Crippen LogP contribution in [0.1, 0.15) is 70.4 Å². The van der Waals surface area contributed by atoms with Crippen LogP contribution in [0.15, 0.2) is 54.6 Å². The molecule has 1 aliphatic carbocycles. The van der Waals surface area contributed by atoms with Crippen LogP contribution in [0, 0.1) is 11.3 Å². The molecule has 0 aliphatic heterocycles. The van der Waals surface area contributed by atoms with Crippen molar-refractivity contribution in [3.8, 4) is 5.75 Å². The topological polar surface area (TPSA) is 103 Å². The van der Waals surface area contributed by atoms with Crippen molar-refractivity contribution in [2.75, 3.05) is 20.8 Å². The van der Waals surface area contributed by atoms with E-state index in [4.69, 9.17) is 14.2 Å². The van der Waals surface area contributed by atoms with Gasteiger partial charge in [-0.1, -0.05) is 55.3 Å². The van der Waals surface area contributed by atoms with E-state index < -0.39 is 23.0 Å². The summed E-state index contributed by atoms with van der Waals surface area (Å²) in [5.41, 5.74) is 0.564. The first kappa shape index (κ1) is 32.1. The number of likely N-dealkylation sites (N-methyl/N-ethyl adjacent to an activating group) is 1. The highest BCUT2D eigenvalue weighted by atomic mass is 16.6. The first-order valence-electron chi connectivity index (χ1n) is 14.6. The quantitative estimate of drug-likeness (QED) is 0.247. The van der Waals surface area contributed by atoms with Gasteiger partial charge in [-0.05, 0) is 69.7 Å². The van der Waals surface area contributed by atoms with E-state index in [2.05, 4.69) is 10.6 Å². The van der Waals surface area contributed by atoms with E-state index in [0.29, 0.717) is 45.3 Å². The molecule has 41 heavy (non-hydrogen) atoms. The van der Waals surface area contributed by atoms with E-state index >= 15 is 0 Å². The van der Waals surface area contributed by atoms with Gasteiger partial charge >= 0.3 is 5.97 Å². The number of amides is 2. The molecule has 2 aromatic carbocycles. The van der Waals surface area contributed by atoms with Crippen molar-refractivity contribution < 1.29 is 28.6 Å². The van der Waals surface area contributed by atoms with Gasteiger partial charge in [-0.3, -0.25) is 14.4 Å². The first-order chi connectivity index (χ1) is 19.5. The predicted molar refractivity (Wildman–Crippen MR) is 158 cm³/mol. The summed E-state index contributed by atoms with van der Waals surface area (Å²) in [6.07, 6.45) is 4.24. The molecule has 1 aliphatic rings. The van der Waals surface area contributed by atoms with E-state index in [1.807, 2.05) is 75.4 Å². The summed E-state index contributed by atoms with van der Waals surface area (Å²) in [6, 6.07) is 16.6. The van der Waals surface area contributed by atoms with E-state index in [1.54, 1.807) is 14.2 Å². The SMILES string of the molecule is CNC(=O)C(Cc1ccc(OC)cc1)NC(=O)C1(CC(CCOCc2ccccc2)C(=O)OC(C)(C)C)CCCC1. The number of methoxy groups -OCH3 is 1. The van der Waals surface area contributed by atoms with Gasteiger partial charge in [-0.25, -0.2) is 0 Å². The number of hydrogen-bond acceptors (Lipinski definition) is 6. The molecule has 8 heteroatoms. The van der Waals surface area contributed by atoms with E-state index in [9.17, 15) is 14.4 Å². The summed E-state index contributed by atoms with van der Waals surface area (Å²) in [4.78, 5) is 40.1. The molecule has 224 valence electrons. The van der Waals surface area contributed by atoms with E-state index in [1.165, 1.54) is 0 Å². The highest BCUT2D eigenvalue weighted by Crippen LogP contribution is 2.44. The molecule has 0 radical (unpaired) electrons. The molecule has 2 N–H and O–H groups in total. The minimum atomic E-state index is -0.757. The predicted octanol–water partition coefficient (Wildman–Crippen LogP) is 4.98. The van der Waals surface area contributed by atoms with Gasteiger partial charge in [0, 0.05) is 20.1 Å². The molecule has 3 rings (SSSR count). The first-order valence-corrected chi connectivity index (χ1v) is 14.6. The van der Waals surface area contributed by atoms with Crippen molar-refractivity contribution in [1.82, 2.24) is 10.6 Å². The second-order valence-electron chi connectivity index (χ2n) is 11.9. The molecule has 0 aromatic heterocycles. The van der Waals surface area contributed by atoms with Crippen LogP contribution in [-0.4, -0.2) is 50.2 Å². The third-order valence-corrected chi connectivity index (χ3v) is 7.61. The lowest BCUT2D eigenvalue weighted by molar-refractivity contribution is -0.162. The monoisotopic (exact) mass is 566 g/mol. The Bertz CT molecular complexity index is 1120. The van der Waals surface area contributed by atoms with Crippen LogP contribution in [-0.2, 0) is 36.9 Å². The maximum Gasteiger partial charge on any atom is 0.309 e. The number of carbonyl (C=O) groups excluding carboxylic acids is 3. The fourth-order valence-corrected chi connectivity index (χ4v) is 5.42. The lowest BCUT2D eigenvalue weighted by Gasteiger charge is -2.33. The van der Waals surface area contributed by atoms with Crippen LogP contribution in [0.4, 0.5) is 0 Å². The summed E-state index contributed by atoms with van der Waals surface area (Å²) in [5.74, 6) is -0.550. The van der Waals surface area contributed by atoms with Crippen molar-refractivity contribution >= 4 is 17.8 Å². The Kier molecular flexibility index (Phi) is 11.8. The van der Waals surface area contributed by atoms with Crippen molar-refractivity contribution in [2.45, 2.75) is 84.0 Å². The summed E-state index contributed by atoms with van der Waals surface area (Å²) < 4.78 is 16.9. The molecule has 1 fully saturated rings. The van der Waals surface area contributed by atoms with Crippen LogP contribution in [0.3, 0.4) is 0 Å². The fourth-order valence-electron chi connectivity index (χ4n) is 5.42. The van der Waals surface area contributed by atoms with E-state index in [-0.39, 0.29) is 17.8 Å². The second kappa shape index (κ2) is 15.0. The molecule has 2 unspecified atom stereocenters. The number of ether oxygens (including phenoxy) is 3. The molecular weight excluding hydrogens is 520 g/mol. The molecule has 0 bridgehead atoms. The average molecular weight is 567 g/mol. The minimum absolute atomic E-state index is 0.184. The lowest BCUT2D eigenvalue weighted by Crippen LogP contribution is -2.52. The number of hydrogen-bond donors (Lipinski definition) is 2. The van der Waals surface area contributed by atoms with Crippen LogP contribution in [0.25, 0.3) is 0 Å². The van der Waals surface area contributed by atoms with Gasteiger partial charge in [-0.15, -0.1) is 0 Å². The summed E-state index contributed by atoms with van der Waals surface area (Å²) in [6.45, 7) is 6.36. The molecule has 0 saturated heterocycles. The number of nitrogens with one attached hydrogen (secondary N) is 2. The van der Waals surface area contributed by atoms with Crippen LogP contribution < -0.4 is 15.4 Å². The number of rotatable bonds is 14. The van der Waals surface area contributed by atoms with Crippen molar-refractivity contribution in [1.29, 1.82) is 0 Å². The van der Waals surface area contributed by atoms with Gasteiger partial charge in [0.05, 0.1) is 25.0 Å². The number of carbonyl (C=O) groups is 3. The second-order valence-corrected chi connectivity index (χ2v) is 11.9. The maximum absolute atomic E-state index is 14.0. The van der Waals surface area contributed by atoms with Gasteiger partial charge in [0.2, 0.25) is 11.8 Å². The molecule has 8 nitrogen and oxygen atoms in total. The third kappa shape index (κ3) is 9.88. The Morgan fingerprint density at radius 2 is 1.61 bits per heavy atom. The molecule has 2 amide bonds. The molecular formula is C33H46N2O6. The summed E-state index contributed by atoms with van der Waals surface area (Å²) >= 11 is 0. The van der Waals surface area contributed by atoms with Gasteiger partial charge in [0.25, 0.3) is 0 Å². The van der Waals surface area contributed by atoms with Crippen molar-refractivity contribution in [3.05, 3.63) is 65.7 Å². The Morgan fingerprint density at radius 3 is 2.20 bits per heavy atom. The minimum Gasteiger partial charge on any atom is -0.497 e. The van der Waals surface area contributed by atoms with E-state index in [0.717, 1.165) is 29.7 Å². The molecule has 0 spiro atoms. The third-order valence-electron chi connectivity index (χ3n) is 7.61. The zero-order chi connectivity index (χ0) is 29.9. The van der Waals surface area contributed by atoms with Crippen molar-refractivity contribution in [2.24, 2.45) is 11.3 Å². The van der Waals surface area contributed by atoms with Gasteiger partial charge < -0.3 is 24.8 Å².